The molecule has 2 saturated carbocycles. The lowest BCUT2D eigenvalue weighted by Crippen LogP contribution is -2.43. The molecule has 3 aliphatic rings. The number of amides is 1. The Hall–Kier alpha value is -3.55. The topological polar surface area (TPSA) is 107 Å². The molecule has 222 valence electrons. The first kappa shape index (κ1) is 28.6. The van der Waals surface area contributed by atoms with Crippen molar-refractivity contribution in [2.75, 3.05) is 36.0 Å². The number of halogens is 1. The molecule has 0 spiro atoms. The Morgan fingerprint density at radius 2 is 1.79 bits per heavy atom. The number of thiol groups is 1. The second-order valence-electron chi connectivity index (χ2n) is 11.8. The Morgan fingerprint density at radius 1 is 1.12 bits per heavy atom. The average molecular weight is 591 g/mol. The highest BCUT2D eigenvalue weighted by atomic mass is 32.3. The molecule has 0 radical (unpaired) electrons. The highest BCUT2D eigenvalue weighted by molar-refractivity contribution is 8.00. The monoisotopic (exact) mass is 590 g/mol. The van der Waals surface area contributed by atoms with Crippen molar-refractivity contribution in [3.05, 3.63) is 66.2 Å². The fourth-order valence-corrected chi connectivity index (χ4v) is 8.56. The first-order valence-electron chi connectivity index (χ1n) is 15.0. The molecule has 8 nitrogen and oxygen atoms in total. The Morgan fingerprint density at radius 3 is 2.43 bits per heavy atom. The van der Waals surface area contributed by atoms with Crippen molar-refractivity contribution < 1.29 is 13.7 Å². The first-order chi connectivity index (χ1) is 20.3. The largest absolute Gasteiger partial charge is 0.370 e. The summed E-state index contributed by atoms with van der Waals surface area (Å²) in [6.45, 7) is 4.21. The molecule has 2 heterocycles. The predicted molar refractivity (Wildman–Crippen MR) is 166 cm³/mol. The lowest BCUT2D eigenvalue weighted by Gasteiger charge is -2.37. The zero-order valence-corrected chi connectivity index (χ0v) is 24.9. The Bertz CT molecular complexity index is 1530. The first-order valence-corrected chi connectivity index (χ1v) is 17.1. The molecule has 1 aromatic heterocycles. The van der Waals surface area contributed by atoms with Gasteiger partial charge in [0.1, 0.15) is 11.4 Å². The molecule has 10 heteroatoms. The number of hydrogen-bond acceptors (Lipinski definition) is 5. The van der Waals surface area contributed by atoms with E-state index in [4.69, 9.17) is 5.10 Å². The van der Waals surface area contributed by atoms with Crippen LogP contribution in [0.4, 0.5) is 10.1 Å². The minimum atomic E-state index is -2.16. The van der Waals surface area contributed by atoms with Crippen molar-refractivity contribution in [1.82, 2.24) is 15.1 Å². The van der Waals surface area contributed by atoms with Crippen LogP contribution < -0.4 is 10.2 Å². The molecule has 2 N–H and O–H groups in total. The van der Waals surface area contributed by atoms with Gasteiger partial charge in [0.15, 0.2) is 0 Å². The second-order valence-corrected chi connectivity index (χ2v) is 14.8. The third-order valence-electron chi connectivity index (χ3n) is 9.02. The standard InChI is InChI=1S/C32H39FN6O2S/c1-2-35-42(41)19-17-38(18-20-42)25-11-7-23(8-12-25)29-21-39(26-13-9-24(33)10-14-26)37-30(29)27-5-3-4-6-28(27)31(40)36-32(22-34)15-16-32/h7-14,21,27-28,42H,2-6,15-20H2,1H3,(H,35,41)(H,36,40)/t27-,28-/m1/s1. The molecule has 1 amide bonds. The minimum Gasteiger partial charge on any atom is -0.370 e. The van der Waals surface area contributed by atoms with Gasteiger partial charge in [0, 0.05) is 60.4 Å². The van der Waals surface area contributed by atoms with E-state index in [1.165, 1.54) is 12.1 Å². The summed E-state index contributed by atoms with van der Waals surface area (Å²) in [6.07, 6.45) is 6.96. The van der Waals surface area contributed by atoms with Gasteiger partial charge in [-0.05, 0) is 74.6 Å². The Labute approximate surface area is 247 Å². The molecule has 3 fully saturated rings. The fourth-order valence-electron chi connectivity index (χ4n) is 6.40. The molecule has 0 unspecified atom stereocenters. The van der Waals surface area contributed by atoms with Crippen molar-refractivity contribution >= 4 is 21.7 Å². The molecule has 42 heavy (non-hydrogen) atoms. The number of carbonyl (C=O) groups excluding carboxylic acids is 1. The molecule has 6 rings (SSSR count). The zero-order valence-electron chi connectivity index (χ0n) is 24.0. The summed E-state index contributed by atoms with van der Waals surface area (Å²) in [4.78, 5) is 15.8. The SMILES string of the molecule is CCN=[SH]1(O)CCN(c2ccc(-c3cn(-c4ccc(F)cc4)nc3[C@@H]3CCCC[C@H]3C(=O)NC3(C#N)CC3)cc2)CC1. The van der Waals surface area contributed by atoms with Crippen LogP contribution in [0.5, 0.6) is 0 Å². The van der Waals surface area contributed by atoms with Crippen LogP contribution in [0.1, 0.15) is 57.1 Å². The molecular weight excluding hydrogens is 551 g/mol. The van der Waals surface area contributed by atoms with Gasteiger partial charge in [-0.15, -0.1) is 10.1 Å². The number of nitriles is 1. The highest BCUT2D eigenvalue weighted by Crippen LogP contribution is 2.43. The van der Waals surface area contributed by atoms with E-state index in [0.29, 0.717) is 19.4 Å². The molecular formula is C32H39FN6O2S. The van der Waals surface area contributed by atoms with E-state index < -0.39 is 15.6 Å². The van der Waals surface area contributed by atoms with Crippen LogP contribution in [-0.4, -0.2) is 56.9 Å². The van der Waals surface area contributed by atoms with E-state index in [1.54, 1.807) is 16.8 Å². The van der Waals surface area contributed by atoms with Crippen LogP contribution in [0.2, 0.25) is 0 Å². The molecule has 1 saturated heterocycles. The number of carbonyl (C=O) groups is 1. The van der Waals surface area contributed by atoms with Crippen LogP contribution >= 0.6 is 0 Å². The van der Waals surface area contributed by atoms with Crippen LogP contribution in [0.3, 0.4) is 0 Å². The lowest BCUT2D eigenvalue weighted by atomic mass is 9.75. The van der Waals surface area contributed by atoms with E-state index in [2.05, 4.69) is 44.9 Å². The van der Waals surface area contributed by atoms with Crippen molar-refractivity contribution in [1.29, 1.82) is 5.26 Å². The number of hydrogen-bond donors (Lipinski definition) is 3. The Balaban J connectivity index is 1.32. The van der Waals surface area contributed by atoms with Gasteiger partial charge < -0.3 is 14.8 Å². The van der Waals surface area contributed by atoms with Gasteiger partial charge in [-0.1, -0.05) is 25.0 Å². The highest BCUT2D eigenvalue weighted by Gasteiger charge is 2.47. The summed E-state index contributed by atoms with van der Waals surface area (Å²) >= 11 is 0. The van der Waals surface area contributed by atoms with Gasteiger partial charge in [0.05, 0.1) is 17.5 Å². The van der Waals surface area contributed by atoms with E-state index >= 15 is 0 Å². The quantitative estimate of drug-likeness (QED) is 0.315. The van der Waals surface area contributed by atoms with E-state index in [9.17, 15) is 19.0 Å². The minimum absolute atomic E-state index is 0.0564. The van der Waals surface area contributed by atoms with Gasteiger partial charge in [0.25, 0.3) is 0 Å². The van der Waals surface area contributed by atoms with Gasteiger partial charge in [-0.2, -0.15) is 10.4 Å². The van der Waals surface area contributed by atoms with Gasteiger partial charge in [0.2, 0.25) is 5.91 Å². The van der Waals surface area contributed by atoms with Gasteiger partial charge >= 0.3 is 0 Å². The molecule has 2 aliphatic carbocycles. The van der Waals surface area contributed by atoms with Crippen LogP contribution in [0.25, 0.3) is 16.8 Å². The third-order valence-corrected chi connectivity index (χ3v) is 11.7. The summed E-state index contributed by atoms with van der Waals surface area (Å²) < 4.78 is 30.8. The van der Waals surface area contributed by atoms with E-state index in [-0.39, 0.29) is 23.6 Å². The molecule has 1 aliphatic heterocycles. The van der Waals surface area contributed by atoms with Crippen molar-refractivity contribution in [2.45, 2.75) is 56.9 Å². The number of nitrogens with zero attached hydrogens (tertiary/aromatic N) is 5. The van der Waals surface area contributed by atoms with Crippen LogP contribution in [0.15, 0.2) is 59.1 Å². The number of anilines is 1. The number of aromatic nitrogens is 2. The number of rotatable bonds is 7. The predicted octanol–water partition coefficient (Wildman–Crippen LogP) is 5.51. The third kappa shape index (κ3) is 5.86. The average Bonchev–Trinajstić information content (AvgIpc) is 3.64. The van der Waals surface area contributed by atoms with Crippen LogP contribution in [0, 0.1) is 23.1 Å². The summed E-state index contributed by atoms with van der Waals surface area (Å²) in [5.41, 5.74) is 3.97. The maximum absolute atomic E-state index is 13.7. The van der Waals surface area contributed by atoms with Crippen molar-refractivity contribution in [3.63, 3.8) is 0 Å². The van der Waals surface area contributed by atoms with Gasteiger partial charge in [-0.3, -0.25) is 9.16 Å². The molecule has 0 bridgehead atoms. The molecule has 3 aromatic rings. The smallest absolute Gasteiger partial charge is 0.225 e. The molecule has 2 atom stereocenters. The zero-order chi connectivity index (χ0) is 29.3. The lowest BCUT2D eigenvalue weighted by molar-refractivity contribution is -0.127. The summed E-state index contributed by atoms with van der Waals surface area (Å²) in [6, 6.07) is 17.0. The maximum atomic E-state index is 13.7. The fraction of sp³-hybridized carbons (Fsp3) is 0.469. The number of nitrogens with one attached hydrogen (secondary N) is 1. The van der Waals surface area contributed by atoms with Gasteiger partial charge in [-0.25, -0.2) is 9.07 Å². The maximum Gasteiger partial charge on any atom is 0.225 e. The normalized spacial score (nSPS) is 23.4. The summed E-state index contributed by atoms with van der Waals surface area (Å²) in [5, 5.41) is 17.6. The van der Waals surface area contributed by atoms with Crippen molar-refractivity contribution in [2.24, 2.45) is 10.3 Å². The summed E-state index contributed by atoms with van der Waals surface area (Å²) in [5.74, 6) is 0.724. The van der Waals surface area contributed by atoms with Crippen molar-refractivity contribution in [3.8, 4) is 22.9 Å². The Kier molecular flexibility index (Phi) is 7.90. The van der Waals surface area contributed by atoms with E-state index in [0.717, 1.165) is 78.5 Å². The van der Waals surface area contributed by atoms with E-state index in [1.807, 2.05) is 13.1 Å². The molecule has 2 aromatic carbocycles. The van der Waals surface area contributed by atoms with Crippen LogP contribution in [-0.2, 0) is 14.9 Å². The number of benzene rings is 2. The second kappa shape index (κ2) is 11.6. The summed E-state index contributed by atoms with van der Waals surface area (Å²) in [7, 11) is -2.16.